The predicted octanol–water partition coefficient (Wildman–Crippen LogP) is 6.15. The molecule has 8 nitrogen and oxygen atoms in total. The number of carbonyl (C=O) groups excluding carboxylic acids is 3. The van der Waals surface area contributed by atoms with Crippen LogP contribution in [0.15, 0.2) is 78.5 Å². The van der Waals surface area contributed by atoms with Crippen molar-refractivity contribution in [2.24, 2.45) is 0 Å². The molecule has 0 radical (unpaired) electrons. The monoisotopic (exact) mass is 575 g/mol. The van der Waals surface area contributed by atoms with Gasteiger partial charge in [0.1, 0.15) is 0 Å². The van der Waals surface area contributed by atoms with Crippen molar-refractivity contribution >= 4 is 29.2 Å². The Morgan fingerprint density at radius 1 is 0.952 bits per heavy atom. The molecule has 11 heteroatoms. The summed E-state index contributed by atoms with van der Waals surface area (Å²) in [6, 6.07) is 19.1. The lowest BCUT2D eigenvalue weighted by Gasteiger charge is -2.37. The van der Waals surface area contributed by atoms with Crippen LogP contribution in [-0.4, -0.2) is 42.5 Å². The number of rotatable bonds is 7. The largest absolute Gasteiger partial charge is 0.416 e. The first-order valence-electron chi connectivity index (χ1n) is 13.1. The highest BCUT2D eigenvalue weighted by molar-refractivity contribution is 6.09. The second-order valence-electron chi connectivity index (χ2n) is 9.62. The van der Waals surface area contributed by atoms with Crippen LogP contribution < -0.4 is 15.5 Å². The SMILES string of the molecule is CC(=O)NCCCNC(=O)N1CC(c2ccccc2-c2ccc(C#N)cc2)=C(C)N(c2cccc(C(F)(F)F)c2)C1=O. The van der Waals surface area contributed by atoms with E-state index in [0.717, 1.165) is 33.1 Å². The number of amides is 5. The van der Waals surface area contributed by atoms with Gasteiger partial charge in [0.25, 0.3) is 0 Å². The Labute approximate surface area is 241 Å². The van der Waals surface area contributed by atoms with Crippen LogP contribution in [0.4, 0.5) is 28.4 Å². The zero-order chi connectivity index (χ0) is 30.4. The van der Waals surface area contributed by atoms with Gasteiger partial charge in [0.2, 0.25) is 5.91 Å². The molecule has 3 aromatic carbocycles. The van der Waals surface area contributed by atoms with Crippen LogP contribution in [0.5, 0.6) is 0 Å². The van der Waals surface area contributed by atoms with Gasteiger partial charge < -0.3 is 10.6 Å². The van der Waals surface area contributed by atoms with E-state index in [2.05, 4.69) is 16.7 Å². The first-order chi connectivity index (χ1) is 20.0. The number of anilines is 1. The molecule has 0 saturated heterocycles. The third-order valence-electron chi connectivity index (χ3n) is 6.77. The summed E-state index contributed by atoms with van der Waals surface area (Å²) in [5.41, 5.74) is 2.64. The van der Waals surface area contributed by atoms with Crippen LogP contribution >= 0.6 is 0 Å². The van der Waals surface area contributed by atoms with Crippen molar-refractivity contribution in [1.82, 2.24) is 15.5 Å². The molecule has 1 aliphatic heterocycles. The van der Waals surface area contributed by atoms with E-state index < -0.39 is 23.8 Å². The number of benzene rings is 3. The quantitative estimate of drug-likeness (QED) is 0.330. The molecule has 0 aromatic heterocycles. The number of nitrogens with one attached hydrogen (secondary N) is 2. The van der Waals surface area contributed by atoms with Gasteiger partial charge in [-0.15, -0.1) is 0 Å². The number of nitriles is 1. The highest BCUT2D eigenvalue weighted by Gasteiger charge is 2.37. The van der Waals surface area contributed by atoms with E-state index in [-0.39, 0.29) is 24.7 Å². The van der Waals surface area contributed by atoms with Gasteiger partial charge in [0.15, 0.2) is 0 Å². The molecule has 0 bridgehead atoms. The average molecular weight is 576 g/mol. The van der Waals surface area contributed by atoms with Crippen molar-refractivity contribution in [2.45, 2.75) is 26.4 Å². The van der Waals surface area contributed by atoms with Crippen molar-refractivity contribution in [3.63, 3.8) is 0 Å². The van der Waals surface area contributed by atoms with Crippen molar-refractivity contribution < 1.29 is 27.6 Å². The molecule has 4 rings (SSSR count). The fraction of sp³-hybridized carbons (Fsp3) is 0.226. The van der Waals surface area contributed by atoms with Crippen molar-refractivity contribution in [2.75, 3.05) is 24.5 Å². The van der Waals surface area contributed by atoms with Gasteiger partial charge in [-0.25, -0.2) is 14.5 Å². The van der Waals surface area contributed by atoms with E-state index in [9.17, 15) is 32.8 Å². The molecule has 1 heterocycles. The zero-order valence-corrected chi connectivity index (χ0v) is 23.0. The van der Waals surface area contributed by atoms with Crippen LogP contribution in [0.2, 0.25) is 0 Å². The lowest BCUT2D eigenvalue weighted by molar-refractivity contribution is -0.137. The summed E-state index contributed by atoms with van der Waals surface area (Å²) in [6.07, 6.45) is -4.23. The number of halogens is 3. The Balaban J connectivity index is 1.78. The second kappa shape index (κ2) is 12.6. The Kier molecular flexibility index (Phi) is 8.96. The summed E-state index contributed by atoms with van der Waals surface area (Å²) in [4.78, 5) is 40.1. The highest BCUT2D eigenvalue weighted by Crippen LogP contribution is 2.38. The molecule has 0 spiro atoms. The van der Waals surface area contributed by atoms with E-state index in [1.807, 2.05) is 18.2 Å². The van der Waals surface area contributed by atoms with Crippen LogP contribution in [0.1, 0.15) is 37.0 Å². The summed E-state index contributed by atoms with van der Waals surface area (Å²) in [6.45, 7) is 3.35. The maximum absolute atomic E-state index is 13.7. The van der Waals surface area contributed by atoms with E-state index in [0.29, 0.717) is 35.4 Å². The number of hydrogen-bond donors (Lipinski definition) is 2. The minimum Gasteiger partial charge on any atom is -0.356 e. The fourth-order valence-electron chi connectivity index (χ4n) is 4.67. The molecular weight excluding hydrogens is 547 g/mol. The molecule has 2 N–H and O–H groups in total. The fourth-order valence-corrected chi connectivity index (χ4v) is 4.67. The summed E-state index contributed by atoms with van der Waals surface area (Å²) < 4.78 is 40.8. The van der Waals surface area contributed by atoms with Crippen LogP contribution in [0.25, 0.3) is 16.7 Å². The molecule has 216 valence electrons. The molecule has 0 saturated carbocycles. The minimum absolute atomic E-state index is 0.0381. The van der Waals surface area contributed by atoms with Gasteiger partial charge in [-0.2, -0.15) is 18.4 Å². The Hall–Kier alpha value is -5.11. The first-order valence-corrected chi connectivity index (χ1v) is 13.1. The topological polar surface area (TPSA) is 106 Å². The number of hydrogen-bond acceptors (Lipinski definition) is 4. The third kappa shape index (κ3) is 6.61. The van der Waals surface area contributed by atoms with Gasteiger partial charge in [-0.3, -0.25) is 9.69 Å². The van der Waals surface area contributed by atoms with E-state index >= 15 is 0 Å². The number of imide groups is 1. The minimum atomic E-state index is -4.64. The summed E-state index contributed by atoms with van der Waals surface area (Å²) in [5.74, 6) is -0.213. The Morgan fingerprint density at radius 3 is 2.26 bits per heavy atom. The third-order valence-corrected chi connectivity index (χ3v) is 6.77. The zero-order valence-electron chi connectivity index (χ0n) is 23.0. The lowest BCUT2D eigenvalue weighted by Crippen LogP contribution is -2.53. The van der Waals surface area contributed by atoms with Gasteiger partial charge in [0.05, 0.1) is 29.4 Å². The summed E-state index contributed by atoms with van der Waals surface area (Å²) >= 11 is 0. The molecule has 5 amide bonds. The van der Waals surface area contributed by atoms with Gasteiger partial charge in [-0.1, -0.05) is 42.5 Å². The van der Waals surface area contributed by atoms with Crippen LogP contribution in [0, 0.1) is 11.3 Å². The van der Waals surface area contributed by atoms with Gasteiger partial charge >= 0.3 is 18.2 Å². The summed E-state index contributed by atoms with van der Waals surface area (Å²) in [5, 5.41) is 14.5. The average Bonchev–Trinajstić information content (AvgIpc) is 2.97. The maximum Gasteiger partial charge on any atom is 0.416 e. The number of nitrogens with zero attached hydrogens (tertiary/aromatic N) is 3. The van der Waals surface area contributed by atoms with Crippen molar-refractivity contribution in [3.8, 4) is 17.2 Å². The Bertz CT molecular complexity index is 1580. The number of allylic oxidation sites excluding steroid dienone is 1. The van der Waals surface area contributed by atoms with Crippen molar-refractivity contribution in [3.05, 3.63) is 95.2 Å². The number of alkyl halides is 3. The van der Waals surface area contributed by atoms with E-state index in [4.69, 9.17) is 0 Å². The van der Waals surface area contributed by atoms with Gasteiger partial charge in [0, 0.05) is 25.7 Å². The van der Waals surface area contributed by atoms with E-state index in [1.165, 1.54) is 19.1 Å². The molecule has 1 aliphatic rings. The van der Waals surface area contributed by atoms with Gasteiger partial charge in [-0.05, 0) is 65.9 Å². The smallest absolute Gasteiger partial charge is 0.356 e. The molecule has 0 fully saturated rings. The molecule has 0 aliphatic carbocycles. The normalized spacial score (nSPS) is 13.6. The molecule has 3 aromatic rings. The lowest BCUT2D eigenvalue weighted by atomic mass is 9.91. The van der Waals surface area contributed by atoms with Crippen molar-refractivity contribution in [1.29, 1.82) is 5.26 Å². The Morgan fingerprint density at radius 2 is 1.62 bits per heavy atom. The number of carbonyl (C=O) groups is 3. The maximum atomic E-state index is 13.7. The highest BCUT2D eigenvalue weighted by atomic mass is 19.4. The standard InChI is InChI=1S/C31H28F3N5O3/c1-20-28(27-10-4-3-9-26(27)23-13-11-22(18-35)12-14-23)19-38(29(41)37-16-6-15-36-21(2)40)30(42)39(20)25-8-5-7-24(17-25)31(32,33)34/h3-5,7-14,17H,6,15-16,19H2,1-2H3,(H,36,40)(H,37,41). The molecular formula is C31H28F3N5O3. The van der Waals surface area contributed by atoms with Crippen LogP contribution in [-0.2, 0) is 11.0 Å². The first kappa shape index (κ1) is 29.9. The summed E-state index contributed by atoms with van der Waals surface area (Å²) in [7, 11) is 0. The van der Waals surface area contributed by atoms with E-state index in [1.54, 1.807) is 37.3 Å². The molecule has 0 unspecified atom stereocenters. The predicted molar refractivity (Wildman–Crippen MR) is 152 cm³/mol. The molecule has 42 heavy (non-hydrogen) atoms. The second-order valence-corrected chi connectivity index (χ2v) is 9.62. The number of urea groups is 2. The molecule has 0 atom stereocenters. The van der Waals surface area contributed by atoms with Crippen LogP contribution in [0.3, 0.4) is 0 Å².